The normalized spacial score (nSPS) is 10.9. The topological polar surface area (TPSA) is 24.9 Å². The molecule has 1 heterocycles. The quantitative estimate of drug-likeness (QED) is 0.623. The molecule has 0 fully saturated rings. The third-order valence-electron chi connectivity index (χ3n) is 2.56. The van der Waals surface area contributed by atoms with Crippen molar-refractivity contribution in [3.05, 3.63) is 51.5 Å². The van der Waals surface area contributed by atoms with Crippen molar-refractivity contribution in [3.8, 4) is 0 Å². The molecule has 0 saturated heterocycles. The van der Waals surface area contributed by atoms with Gasteiger partial charge in [0.15, 0.2) is 5.13 Å². The van der Waals surface area contributed by atoms with Crippen LogP contribution in [0.1, 0.15) is 0 Å². The molecule has 2 aromatic carbocycles. The maximum atomic E-state index is 6.13. The summed E-state index contributed by atoms with van der Waals surface area (Å²) in [5, 5.41) is 5.64. The fourth-order valence-corrected chi connectivity index (χ4v) is 3.34. The first-order valence-corrected chi connectivity index (χ1v) is 7.36. The van der Waals surface area contributed by atoms with Crippen LogP contribution in [0.25, 0.3) is 10.2 Å². The summed E-state index contributed by atoms with van der Waals surface area (Å²) in [6, 6.07) is 11.0. The number of hydrogen-bond acceptors (Lipinski definition) is 3. The molecule has 0 radical (unpaired) electrons. The summed E-state index contributed by atoms with van der Waals surface area (Å²) in [7, 11) is 0. The Hall–Kier alpha value is -1.000. The van der Waals surface area contributed by atoms with Gasteiger partial charge in [-0.2, -0.15) is 0 Å². The Morgan fingerprint density at radius 1 is 0.895 bits per heavy atom. The van der Waals surface area contributed by atoms with E-state index in [0.717, 1.165) is 10.2 Å². The second-order valence-corrected chi connectivity index (χ2v) is 6.05. The molecule has 0 unspecified atom stereocenters. The number of hydrogen-bond donors (Lipinski definition) is 1. The van der Waals surface area contributed by atoms with E-state index in [0.29, 0.717) is 25.9 Å². The monoisotopic (exact) mass is 328 g/mol. The minimum atomic E-state index is 0.554. The highest BCUT2D eigenvalue weighted by atomic mass is 35.5. The lowest BCUT2D eigenvalue weighted by atomic mass is 10.3. The van der Waals surface area contributed by atoms with Gasteiger partial charge in [-0.3, -0.25) is 0 Å². The van der Waals surface area contributed by atoms with E-state index < -0.39 is 0 Å². The second kappa shape index (κ2) is 5.17. The molecule has 0 spiro atoms. The molecule has 0 aliphatic rings. The van der Waals surface area contributed by atoms with Crippen LogP contribution in [0.2, 0.25) is 15.1 Å². The minimum Gasteiger partial charge on any atom is -0.329 e. The van der Waals surface area contributed by atoms with E-state index in [2.05, 4.69) is 10.3 Å². The van der Waals surface area contributed by atoms with Gasteiger partial charge >= 0.3 is 0 Å². The maximum absolute atomic E-state index is 6.13. The van der Waals surface area contributed by atoms with Crippen molar-refractivity contribution >= 4 is 67.2 Å². The number of benzene rings is 2. The highest BCUT2D eigenvalue weighted by Crippen LogP contribution is 2.37. The summed E-state index contributed by atoms with van der Waals surface area (Å²) < 4.78 is 0.940. The molecule has 19 heavy (non-hydrogen) atoms. The van der Waals surface area contributed by atoms with E-state index in [4.69, 9.17) is 34.8 Å². The molecule has 0 aliphatic heterocycles. The van der Waals surface area contributed by atoms with E-state index in [1.807, 2.05) is 18.2 Å². The number of fused-ring (bicyclic) bond motifs is 1. The second-order valence-electron chi connectivity index (χ2n) is 3.83. The lowest BCUT2D eigenvalue weighted by molar-refractivity contribution is 1.44. The average molecular weight is 330 g/mol. The fourth-order valence-electron chi connectivity index (χ4n) is 1.69. The Morgan fingerprint density at radius 2 is 1.53 bits per heavy atom. The van der Waals surface area contributed by atoms with Gasteiger partial charge in [-0.15, -0.1) is 0 Å². The van der Waals surface area contributed by atoms with Crippen molar-refractivity contribution in [2.24, 2.45) is 0 Å². The third-order valence-corrected chi connectivity index (χ3v) is 4.64. The highest BCUT2D eigenvalue weighted by molar-refractivity contribution is 7.22. The van der Waals surface area contributed by atoms with E-state index in [1.54, 1.807) is 18.2 Å². The fraction of sp³-hybridized carbons (Fsp3) is 0. The molecule has 0 amide bonds. The molecule has 3 rings (SSSR count). The molecule has 0 atom stereocenters. The smallest absolute Gasteiger partial charge is 0.188 e. The zero-order valence-electron chi connectivity index (χ0n) is 9.45. The van der Waals surface area contributed by atoms with Crippen LogP contribution in [-0.4, -0.2) is 4.98 Å². The number of aromatic nitrogens is 1. The van der Waals surface area contributed by atoms with Crippen LogP contribution >= 0.6 is 46.1 Å². The lowest BCUT2D eigenvalue weighted by Crippen LogP contribution is -1.91. The van der Waals surface area contributed by atoms with Gasteiger partial charge in [0.05, 0.1) is 31.0 Å². The van der Waals surface area contributed by atoms with E-state index in [1.165, 1.54) is 11.3 Å². The van der Waals surface area contributed by atoms with Crippen LogP contribution in [0.15, 0.2) is 36.4 Å². The summed E-state index contributed by atoms with van der Waals surface area (Å²) in [5.74, 6) is 0. The number of anilines is 2. The Balaban J connectivity index is 2.04. The Morgan fingerprint density at radius 3 is 2.21 bits per heavy atom. The number of para-hydroxylation sites is 1. The molecular weight excluding hydrogens is 323 g/mol. The SMILES string of the molecule is Clc1cccc(Cl)c1Nc1nc2cccc(Cl)c2s1. The summed E-state index contributed by atoms with van der Waals surface area (Å²) >= 11 is 19.8. The lowest BCUT2D eigenvalue weighted by Gasteiger charge is -2.06. The van der Waals surface area contributed by atoms with Gasteiger partial charge in [-0.25, -0.2) is 4.98 Å². The first kappa shape index (κ1) is 13.0. The third kappa shape index (κ3) is 2.51. The van der Waals surface area contributed by atoms with Gasteiger partial charge in [-0.1, -0.05) is 58.3 Å². The van der Waals surface area contributed by atoms with Crippen LogP contribution < -0.4 is 5.32 Å². The predicted octanol–water partition coefficient (Wildman–Crippen LogP) is 6.00. The summed E-state index contributed by atoms with van der Waals surface area (Å²) in [6.07, 6.45) is 0. The number of nitrogens with zero attached hydrogens (tertiary/aromatic N) is 1. The molecule has 0 bridgehead atoms. The van der Waals surface area contributed by atoms with Crippen LogP contribution in [0.5, 0.6) is 0 Å². The van der Waals surface area contributed by atoms with Crippen LogP contribution in [-0.2, 0) is 0 Å². The Labute approximate surface area is 128 Å². The van der Waals surface area contributed by atoms with E-state index >= 15 is 0 Å². The first-order valence-electron chi connectivity index (χ1n) is 5.41. The largest absolute Gasteiger partial charge is 0.329 e. The van der Waals surface area contributed by atoms with Crippen molar-refractivity contribution in [1.82, 2.24) is 4.98 Å². The molecular formula is C13H7Cl3N2S. The van der Waals surface area contributed by atoms with Crippen molar-refractivity contribution in [1.29, 1.82) is 0 Å². The summed E-state index contributed by atoms with van der Waals surface area (Å²) in [6.45, 7) is 0. The molecule has 6 heteroatoms. The van der Waals surface area contributed by atoms with Gasteiger partial charge in [0, 0.05) is 0 Å². The van der Waals surface area contributed by atoms with Crippen molar-refractivity contribution < 1.29 is 0 Å². The van der Waals surface area contributed by atoms with Crippen molar-refractivity contribution in [2.75, 3.05) is 5.32 Å². The van der Waals surface area contributed by atoms with E-state index in [9.17, 15) is 0 Å². The minimum absolute atomic E-state index is 0.554. The summed E-state index contributed by atoms with van der Waals surface area (Å²) in [4.78, 5) is 4.46. The van der Waals surface area contributed by atoms with Gasteiger partial charge in [0.2, 0.25) is 0 Å². The van der Waals surface area contributed by atoms with Gasteiger partial charge in [0.25, 0.3) is 0 Å². The molecule has 0 aliphatic carbocycles. The molecule has 1 aromatic heterocycles. The highest BCUT2D eigenvalue weighted by Gasteiger charge is 2.10. The molecule has 96 valence electrons. The number of rotatable bonds is 2. The average Bonchev–Trinajstić information content (AvgIpc) is 2.78. The van der Waals surface area contributed by atoms with Crippen LogP contribution in [0, 0.1) is 0 Å². The maximum Gasteiger partial charge on any atom is 0.188 e. The van der Waals surface area contributed by atoms with E-state index in [-0.39, 0.29) is 0 Å². The predicted molar refractivity (Wildman–Crippen MR) is 84.4 cm³/mol. The summed E-state index contributed by atoms with van der Waals surface area (Å²) in [5.41, 5.74) is 1.50. The molecule has 1 N–H and O–H groups in total. The van der Waals surface area contributed by atoms with Crippen LogP contribution in [0.4, 0.5) is 10.8 Å². The molecule has 0 saturated carbocycles. The number of nitrogens with one attached hydrogen (secondary N) is 1. The zero-order valence-corrected chi connectivity index (χ0v) is 12.5. The number of halogens is 3. The Bertz CT molecular complexity index is 734. The van der Waals surface area contributed by atoms with Gasteiger partial charge in [0.1, 0.15) is 0 Å². The molecule has 3 aromatic rings. The molecule has 2 nitrogen and oxygen atoms in total. The van der Waals surface area contributed by atoms with Crippen molar-refractivity contribution in [2.45, 2.75) is 0 Å². The Kier molecular flexibility index (Phi) is 3.54. The van der Waals surface area contributed by atoms with Gasteiger partial charge < -0.3 is 5.32 Å². The number of thiazole rings is 1. The zero-order chi connectivity index (χ0) is 13.4. The first-order chi connectivity index (χ1) is 9.15. The standard InChI is InChI=1S/C13H7Cl3N2S/c14-7-3-1-4-8(15)11(7)18-13-17-10-6-2-5-9(16)12(10)19-13/h1-6H,(H,17,18). The van der Waals surface area contributed by atoms with Crippen molar-refractivity contribution in [3.63, 3.8) is 0 Å². The van der Waals surface area contributed by atoms with Gasteiger partial charge in [-0.05, 0) is 24.3 Å². The van der Waals surface area contributed by atoms with Crippen LogP contribution in [0.3, 0.4) is 0 Å².